The number of amidine groups is 1. The highest BCUT2D eigenvalue weighted by Gasteiger charge is 2.35. The van der Waals surface area contributed by atoms with E-state index in [1.807, 2.05) is 41.3 Å². The molecule has 0 aliphatic carbocycles. The summed E-state index contributed by atoms with van der Waals surface area (Å²) in [5, 5.41) is 1.11. The number of hydrogen-bond acceptors (Lipinski definition) is 6. The van der Waals surface area contributed by atoms with Crippen LogP contribution in [0.1, 0.15) is 5.76 Å². The minimum absolute atomic E-state index is 0.163. The molecule has 2 aliphatic rings. The van der Waals surface area contributed by atoms with Crippen LogP contribution in [0.3, 0.4) is 0 Å². The zero-order valence-corrected chi connectivity index (χ0v) is 14.0. The van der Waals surface area contributed by atoms with Crippen LogP contribution < -0.4 is 5.73 Å². The second-order valence-corrected chi connectivity index (χ2v) is 6.38. The molecule has 2 aliphatic heterocycles. The van der Waals surface area contributed by atoms with Crippen LogP contribution >= 0.6 is 0 Å². The van der Waals surface area contributed by atoms with E-state index in [2.05, 4.69) is 33.2 Å². The number of furan rings is 1. The molecule has 0 radical (unpaired) electrons. The number of aliphatic imine (C=N–C) groups is 3. The summed E-state index contributed by atoms with van der Waals surface area (Å²) in [6.07, 6.45) is 3.14. The van der Waals surface area contributed by atoms with Gasteiger partial charge in [0.25, 0.3) is 0 Å². The van der Waals surface area contributed by atoms with Crippen LogP contribution in [0.25, 0.3) is 22.1 Å². The zero-order chi connectivity index (χ0) is 17.5. The molecule has 0 saturated heterocycles. The first kappa shape index (κ1) is 14.9. The first-order valence-corrected chi connectivity index (χ1v) is 8.51. The van der Waals surface area contributed by atoms with Gasteiger partial charge in [0.15, 0.2) is 6.17 Å². The number of benzene rings is 2. The molecule has 1 aromatic heterocycles. The molecule has 0 fully saturated rings. The summed E-state index contributed by atoms with van der Waals surface area (Å²) < 4.78 is 6.21. The average molecular weight is 343 g/mol. The van der Waals surface area contributed by atoms with Gasteiger partial charge in [0, 0.05) is 10.9 Å². The largest absolute Gasteiger partial charge is 0.459 e. The maximum absolute atomic E-state index is 6.21. The summed E-state index contributed by atoms with van der Waals surface area (Å²) in [4.78, 5) is 15.0. The Morgan fingerprint density at radius 1 is 1.00 bits per heavy atom. The molecule has 0 bridgehead atoms. The van der Waals surface area contributed by atoms with Crippen LogP contribution in [-0.4, -0.2) is 35.6 Å². The van der Waals surface area contributed by atoms with Crippen LogP contribution in [0.15, 0.2) is 74.0 Å². The van der Waals surface area contributed by atoms with Crippen molar-refractivity contribution in [2.24, 2.45) is 20.7 Å². The lowest BCUT2D eigenvalue weighted by molar-refractivity contribution is 0.311. The van der Waals surface area contributed by atoms with Crippen molar-refractivity contribution < 1.29 is 4.42 Å². The molecule has 0 saturated carbocycles. The van der Waals surface area contributed by atoms with Gasteiger partial charge in [0.1, 0.15) is 29.6 Å². The standard InChI is InChI=1S/C20H17N5O/c21-19-18-20(23-11-22-19)25(12-24-18)10-16-17(13-6-2-1-3-7-13)14-8-4-5-9-15(14)26-16/h1-9,11-12,18,20H,10H2,(H2,21,22,23). The topological polar surface area (TPSA) is 79.5 Å². The van der Waals surface area contributed by atoms with E-state index in [4.69, 9.17) is 10.2 Å². The van der Waals surface area contributed by atoms with Gasteiger partial charge in [-0.25, -0.2) is 9.98 Å². The Balaban J connectivity index is 1.57. The smallest absolute Gasteiger partial charge is 0.153 e. The quantitative estimate of drug-likeness (QED) is 0.794. The molecule has 3 heterocycles. The normalized spacial score (nSPS) is 21.2. The van der Waals surface area contributed by atoms with Gasteiger partial charge >= 0.3 is 0 Å². The first-order chi connectivity index (χ1) is 12.8. The van der Waals surface area contributed by atoms with Crippen molar-refractivity contribution >= 4 is 29.5 Å². The fourth-order valence-corrected chi connectivity index (χ4v) is 3.55. The predicted molar refractivity (Wildman–Crippen MR) is 103 cm³/mol. The Kier molecular flexibility index (Phi) is 3.35. The van der Waals surface area contributed by atoms with Crippen molar-refractivity contribution in [2.75, 3.05) is 0 Å². The van der Waals surface area contributed by atoms with Gasteiger partial charge in [-0.05, 0) is 11.6 Å². The second-order valence-electron chi connectivity index (χ2n) is 6.38. The predicted octanol–water partition coefficient (Wildman–Crippen LogP) is 3.04. The van der Waals surface area contributed by atoms with Crippen molar-refractivity contribution in [1.29, 1.82) is 0 Å². The molecule has 2 N–H and O–H groups in total. The SMILES string of the molecule is NC1=NC=NC2C1N=CN2Cc1oc2ccccc2c1-c1ccccc1. The maximum Gasteiger partial charge on any atom is 0.153 e. The zero-order valence-electron chi connectivity index (χ0n) is 14.0. The molecule has 128 valence electrons. The summed E-state index contributed by atoms with van der Waals surface area (Å²) in [6.45, 7) is 0.564. The Labute approximate surface area is 150 Å². The van der Waals surface area contributed by atoms with Gasteiger partial charge in [0.2, 0.25) is 0 Å². The van der Waals surface area contributed by atoms with Crippen LogP contribution in [0, 0.1) is 0 Å². The van der Waals surface area contributed by atoms with Crippen LogP contribution in [-0.2, 0) is 6.54 Å². The number of rotatable bonds is 3. The Bertz CT molecular complexity index is 1050. The van der Waals surface area contributed by atoms with E-state index >= 15 is 0 Å². The van der Waals surface area contributed by atoms with Gasteiger partial charge in [0.05, 0.1) is 12.9 Å². The van der Waals surface area contributed by atoms with Crippen LogP contribution in [0.2, 0.25) is 0 Å². The van der Waals surface area contributed by atoms with Crippen LogP contribution in [0.4, 0.5) is 0 Å². The highest BCUT2D eigenvalue weighted by Crippen LogP contribution is 2.36. The summed E-state index contributed by atoms with van der Waals surface area (Å²) in [5.74, 6) is 1.39. The van der Waals surface area contributed by atoms with Gasteiger partial charge in [-0.1, -0.05) is 48.5 Å². The first-order valence-electron chi connectivity index (χ1n) is 8.51. The molecule has 0 amide bonds. The number of nitrogens with two attached hydrogens (primary N) is 1. The summed E-state index contributed by atoms with van der Waals surface area (Å²) in [7, 11) is 0. The Morgan fingerprint density at radius 2 is 1.81 bits per heavy atom. The lowest BCUT2D eigenvalue weighted by Gasteiger charge is -2.25. The van der Waals surface area contributed by atoms with E-state index in [0.717, 1.165) is 27.9 Å². The molecule has 3 aromatic rings. The molecule has 2 aromatic carbocycles. The van der Waals surface area contributed by atoms with Gasteiger partial charge < -0.3 is 15.1 Å². The monoisotopic (exact) mass is 343 g/mol. The minimum Gasteiger partial charge on any atom is -0.459 e. The molecule has 26 heavy (non-hydrogen) atoms. The third kappa shape index (κ3) is 2.30. The Morgan fingerprint density at radius 3 is 2.69 bits per heavy atom. The van der Waals surface area contributed by atoms with E-state index < -0.39 is 0 Å². The number of fused-ring (bicyclic) bond motifs is 2. The van der Waals surface area contributed by atoms with Crippen molar-refractivity contribution in [1.82, 2.24) is 4.90 Å². The fraction of sp³-hybridized carbons (Fsp3) is 0.150. The van der Waals surface area contributed by atoms with Crippen molar-refractivity contribution in [3.63, 3.8) is 0 Å². The number of nitrogens with zero attached hydrogens (tertiary/aromatic N) is 4. The number of hydrogen-bond donors (Lipinski definition) is 1. The lowest BCUT2D eigenvalue weighted by Crippen LogP contribution is -2.43. The molecule has 2 unspecified atom stereocenters. The maximum atomic E-state index is 6.21. The van der Waals surface area contributed by atoms with Gasteiger partial charge in [-0.3, -0.25) is 4.99 Å². The highest BCUT2D eigenvalue weighted by atomic mass is 16.3. The highest BCUT2D eigenvalue weighted by molar-refractivity contribution is 5.97. The third-order valence-corrected chi connectivity index (χ3v) is 4.78. The molecule has 6 heteroatoms. The summed E-state index contributed by atoms with van der Waals surface area (Å²) in [6, 6.07) is 18.2. The average Bonchev–Trinajstić information content (AvgIpc) is 3.25. The minimum atomic E-state index is -0.218. The van der Waals surface area contributed by atoms with Crippen molar-refractivity contribution in [3.8, 4) is 11.1 Å². The van der Waals surface area contributed by atoms with E-state index in [1.54, 1.807) is 6.34 Å². The second kappa shape index (κ2) is 5.84. The van der Waals surface area contributed by atoms with E-state index in [9.17, 15) is 0 Å². The molecule has 0 spiro atoms. The van der Waals surface area contributed by atoms with Gasteiger partial charge in [-0.15, -0.1) is 0 Å². The summed E-state index contributed by atoms with van der Waals surface area (Å²) >= 11 is 0. The van der Waals surface area contributed by atoms with E-state index in [0.29, 0.717) is 12.4 Å². The van der Waals surface area contributed by atoms with Crippen molar-refractivity contribution in [3.05, 3.63) is 60.4 Å². The molecule has 6 nitrogen and oxygen atoms in total. The molecule has 5 rings (SSSR count). The third-order valence-electron chi connectivity index (χ3n) is 4.78. The summed E-state index contributed by atoms with van der Waals surface area (Å²) in [5.41, 5.74) is 9.07. The lowest BCUT2D eigenvalue weighted by atomic mass is 10.0. The van der Waals surface area contributed by atoms with E-state index in [-0.39, 0.29) is 12.2 Å². The fourth-order valence-electron chi connectivity index (χ4n) is 3.55. The van der Waals surface area contributed by atoms with Crippen molar-refractivity contribution in [2.45, 2.75) is 18.8 Å². The Hall–Kier alpha value is -3.41. The number of para-hydroxylation sites is 1. The molecular weight excluding hydrogens is 326 g/mol. The van der Waals surface area contributed by atoms with Crippen LogP contribution in [0.5, 0.6) is 0 Å². The van der Waals surface area contributed by atoms with Gasteiger partial charge in [-0.2, -0.15) is 0 Å². The molecular formula is C20H17N5O. The van der Waals surface area contributed by atoms with E-state index in [1.165, 1.54) is 6.34 Å². The molecule has 2 atom stereocenters.